The fourth-order valence-corrected chi connectivity index (χ4v) is 4.67. The molecule has 0 fully saturated rings. The van der Waals surface area contributed by atoms with Gasteiger partial charge in [0.05, 0.1) is 13.2 Å². The maximum absolute atomic E-state index is 11.6. The highest BCUT2D eigenvalue weighted by Crippen LogP contribution is 2.34. The summed E-state index contributed by atoms with van der Waals surface area (Å²) >= 11 is 0. The zero-order valence-corrected chi connectivity index (χ0v) is 19.0. The minimum Gasteiger partial charge on any atom is -0.496 e. The smallest absolute Gasteiger partial charge is 0.248 e. The lowest BCUT2D eigenvalue weighted by Gasteiger charge is -2.21. The van der Waals surface area contributed by atoms with E-state index >= 15 is 0 Å². The number of carbonyl (C=O) groups is 1. The van der Waals surface area contributed by atoms with Crippen molar-refractivity contribution in [1.29, 1.82) is 0 Å². The first-order chi connectivity index (χ1) is 16.7. The first-order valence-corrected chi connectivity index (χ1v) is 11.3. The molecule has 34 heavy (non-hydrogen) atoms. The van der Waals surface area contributed by atoms with Gasteiger partial charge in [-0.05, 0) is 40.5 Å². The summed E-state index contributed by atoms with van der Waals surface area (Å²) in [5.74, 6) is 0.200. The number of nitrogens with zero attached hydrogens (tertiary/aromatic N) is 1. The van der Waals surface area contributed by atoms with E-state index in [0.717, 1.165) is 5.56 Å². The number of fused-ring (bicyclic) bond motifs is 1. The second-order valence-corrected chi connectivity index (χ2v) is 8.37. The Morgan fingerprint density at radius 2 is 1.44 bits per heavy atom. The number of rotatable bonds is 7. The maximum Gasteiger partial charge on any atom is 0.248 e. The van der Waals surface area contributed by atoms with Crippen LogP contribution in [-0.2, 0) is 6.42 Å². The van der Waals surface area contributed by atoms with Crippen LogP contribution in [0.25, 0.3) is 10.9 Å². The molecule has 0 spiro atoms. The number of ether oxygens (including phenoxy) is 1. The normalized spacial score (nSPS) is 11.1. The van der Waals surface area contributed by atoms with Crippen molar-refractivity contribution in [1.82, 2.24) is 4.57 Å². The molecule has 2 N–H and O–H groups in total. The van der Waals surface area contributed by atoms with Gasteiger partial charge in [-0.1, -0.05) is 84.9 Å². The van der Waals surface area contributed by atoms with Crippen LogP contribution >= 0.6 is 0 Å². The number of para-hydroxylation sites is 1. The molecule has 0 radical (unpaired) electrons. The van der Waals surface area contributed by atoms with Crippen molar-refractivity contribution in [3.63, 3.8) is 0 Å². The Morgan fingerprint density at radius 3 is 2.06 bits per heavy atom. The lowest BCUT2D eigenvalue weighted by Crippen LogP contribution is -2.11. The van der Waals surface area contributed by atoms with Crippen molar-refractivity contribution in [2.24, 2.45) is 5.73 Å². The minimum atomic E-state index is -0.463. The van der Waals surface area contributed by atoms with Gasteiger partial charge < -0.3 is 15.0 Å². The van der Waals surface area contributed by atoms with E-state index in [9.17, 15) is 4.79 Å². The SMILES string of the molecule is COc1cc(C(N)=O)ccc1Cc1cn(C(c2ccccc2)c2ccccc2)c2ccccc12. The molecule has 0 unspecified atom stereocenters. The van der Waals surface area contributed by atoms with Crippen LogP contribution in [-0.4, -0.2) is 17.6 Å². The van der Waals surface area contributed by atoms with Gasteiger partial charge in [0, 0.05) is 29.1 Å². The van der Waals surface area contributed by atoms with E-state index in [1.165, 1.54) is 27.6 Å². The monoisotopic (exact) mass is 446 g/mol. The Labute approximate surface area is 199 Å². The fraction of sp³-hybridized carbons (Fsp3) is 0.100. The first-order valence-electron chi connectivity index (χ1n) is 11.3. The van der Waals surface area contributed by atoms with E-state index < -0.39 is 5.91 Å². The van der Waals surface area contributed by atoms with Gasteiger partial charge in [-0.2, -0.15) is 0 Å². The van der Waals surface area contributed by atoms with Crippen LogP contribution in [0, 0.1) is 0 Å². The molecule has 5 aromatic rings. The third kappa shape index (κ3) is 4.06. The minimum absolute atomic E-state index is 0.0418. The fourth-order valence-electron chi connectivity index (χ4n) is 4.67. The Morgan fingerprint density at radius 1 is 0.824 bits per heavy atom. The summed E-state index contributed by atoms with van der Waals surface area (Å²) in [4.78, 5) is 11.6. The average Bonchev–Trinajstić information content (AvgIpc) is 3.23. The molecular formula is C30H26N2O2. The molecule has 1 aromatic heterocycles. The number of benzene rings is 4. The van der Waals surface area contributed by atoms with Crippen molar-refractivity contribution in [2.75, 3.05) is 7.11 Å². The highest BCUT2D eigenvalue weighted by molar-refractivity contribution is 5.93. The van der Waals surface area contributed by atoms with Gasteiger partial charge in [0.25, 0.3) is 0 Å². The molecule has 0 aliphatic rings. The molecule has 5 rings (SSSR count). The van der Waals surface area contributed by atoms with E-state index in [-0.39, 0.29) is 6.04 Å². The molecule has 0 aliphatic carbocycles. The molecule has 0 saturated carbocycles. The molecule has 0 bridgehead atoms. The second-order valence-electron chi connectivity index (χ2n) is 8.37. The van der Waals surface area contributed by atoms with E-state index in [4.69, 9.17) is 10.5 Å². The zero-order valence-electron chi connectivity index (χ0n) is 19.0. The van der Waals surface area contributed by atoms with Crippen molar-refractivity contribution in [2.45, 2.75) is 12.5 Å². The van der Waals surface area contributed by atoms with Crippen LogP contribution in [0.5, 0.6) is 5.75 Å². The van der Waals surface area contributed by atoms with Gasteiger partial charge in [-0.15, -0.1) is 0 Å². The van der Waals surface area contributed by atoms with Crippen LogP contribution in [0.15, 0.2) is 109 Å². The highest BCUT2D eigenvalue weighted by Gasteiger charge is 2.20. The Hall–Kier alpha value is -4.31. The number of hydrogen-bond acceptors (Lipinski definition) is 2. The molecule has 4 aromatic carbocycles. The van der Waals surface area contributed by atoms with Gasteiger partial charge in [-0.3, -0.25) is 4.79 Å². The van der Waals surface area contributed by atoms with Crippen molar-refractivity contribution in [3.05, 3.63) is 137 Å². The van der Waals surface area contributed by atoms with Crippen molar-refractivity contribution < 1.29 is 9.53 Å². The number of carbonyl (C=O) groups excluding carboxylic acids is 1. The third-order valence-corrected chi connectivity index (χ3v) is 6.28. The summed E-state index contributed by atoms with van der Waals surface area (Å²) in [5.41, 5.74) is 11.7. The van der Waals surface area contributed by atoms with E-state index in [1.807, 2.05) is 18.2 Å². The number of hydrogen-bond donors (Lipinski definition) is 1. The molecular weight excluding hydrogens is 420 g/mol. The maximum atomic E-state index is 11.6. The number of methoxy groups -OCH3 is 1. The Balaban J connectivity index is 1.65. The first kappa shape index (κ1) is 21.5. The largest absolute Gasteiger partial charge is 0.496 e. The number of nitrogens with two attached hydrogens (primary N) is 1. The highest BCUT2D eigenvalue weighted by atomic mass is 16.5. The summed E-state index contributed by atoms with van der Waals surface area (Å²) in [7, 11) is 1.62. The molecule has 0 atom stereocenters. The lowest BCUT2D eigenvalue weighted by atomic mass is 9.98. The van der Waals surface area contributed by atoms with Gasteiger partial charge >= 0.3 is 0 Å². The van der Waals surface area contributed by atoms with Gasteiger partial charge in [-0.25, -0.2) is 0 Å². The molecule has 4 nitrogen and oxygen atoms in total. The van der Waals surface area contributed by atoms with E-state index in [1.54, 1.807) is 19.2 Å². The van der Waals surface area contributed by atoms with Crippen molar-refractivity contribution >= 4 is 16.8 Å². The molecule has 168 valence electrons. The molecule has 1 heterocycles. The number of aromatic nitrogens is 1. The predicted molar refractivity (Wildman–Crippen MR) is 136 cm³/mol. The van der Waals surface area contributed by atoms with Crippen LogP contribution in [0.1, 0.15) is 38.7 Å². The quantitative estimate of drug-likeness (QED) is 0.334. The van der Waals surface area contributed by atoms with Gasteiger partial charge in [0.2, 0.25) is 5.91 Å². The Kier molecular flexibility index (Phi) is 5.88. The van der Waals surface area contributed by atoms with Crippen LogP contribution in [0.4, 0.5) is 0 Å². The summed E-state index contributed by atoms with van der Waals surface area (Å²) < 4.78 is 7.96. The van der Waals surface area contributed by atoms with Crippen LogP contribution in [0.2, 0.25) is 0 Å². The van der Waals surface area contributed by atoms with Gasteiger partial charge in [0.1, 0.15) is 5.75 Å². The second kappa shape index (κ2) is 9.28. The number of amides is 1. The lowest BCUT2D eigenvalue weighted by molar-refractivity contribution is 0.1000. The van der Waals surface area contributed by atoms with E-state index in [0.29, 0.717) is 17.7 Å². The molecule has 1 amide bonds. The molecule has 4 heteroatoms. The molecule has 0 aliphatic heterocycles. The summed E-state index contributed by atoms with van der Waals surface area (Å²) in [5, 5.41) is 1.19. The zero-order chi connectivity index (χ0) is 23.5. The van der Waals surface area contributed by atoms with Gasteiger partial charge in [0.15, 0.2) is 0 Å². The van der Waals surface area contributed by atoms with Crippen LogP contribution in [0.3, 0.4) is 0 Å². The number of primary amides is 1. The van der Waals surface area contributed by atoms with E-state index in [2.05, 4.69) is 83.6 Å². The topological polar surface area (TPSA) is 57.2 Å². The molecule has 0 saturated heterocycles. The average molecular weight is 447 g/mol. The third-order valence-electron chi connectivity index (χ3n) is 6.28. The summed E-state index contributed by atoms with van der Waals surface area (Å²) in [6.45, 7) is 0. The Bertz CT molecular complexity index is 1400. The summed E-state index contributed by atoms with van der Waals surface area (Å²) in [6.07, 6.45) is 2.92. The predicted octanol–water partition coefficient (Wildman–Crippen LogP) is 5.98. The summed E-state index contributed by atoms with van der Waals surface area (Å²) in [6, 6.07) is 35.1. The standard InChI is InChI=1S/C30H26N2O2/c1-34-28-19-24(30(31)33)17-16-23(28)18-25-20-32(27-15-9-8-14-26(25)27)29(21-10-4-2-5-11-21)22-12-6-3-7-13-22/h2-17,19-20,29H,18H2,1H3,(H2,31,33). The van der Waals surface area contributed by atoms with Crippen LogP contribution < -0.4 is 10.5 Å². The van der Waals surface area contributed by atoms with Crippen molar-refractivity contribution in [3.8, 4) is 5.75 Å².